The van der Waals surface area contributed by atoms with Gasteiger partial charge in [0, 0.05) is 43.7 Å². The van der Waals surface area contributed by atoms with E-state index in [0.717, 1.165) is 0 Å². The van der Waals surface area contributed by atoms with E-state index in [2.05, 4.69) is 10.6 Å². The normalized spacial score (nSPS) is 50.4. The van der Waals surface area contributed by atoms with Gasteiger partial charge in [-0.25, -0.2) is 0 Å². The quantitative estimate of drug-likeness (QED) is 0.116. The predicted octanol–water partition coefficient (Wildman–Crippen LogP) is -6.83. The second-order valence-electron chi connectivity index (χ2n) is 11.2. The van der Waals surface area contributed by atoms with Crippen LogP contribution in [0.1, 0.15) is 25.7 Å². The van der Waals surface area contributed by atoms with Gasteiger partial charge in [0.25, 0.3) is 5.91 Å². The van der Waals surface area contributed by atoms with Crippen molar-refractivity contribution in [1.82, 2.24) is 10.6 Å². The summed E-state index contributed by atoms with van der Waals surface area (Å²) < 4.78 is 17.9. The first kappa shape index (κ1) is 30.9. The SMILES string of the molecule is NCNC1CCC(CN)OC1C1C(N)CC(NC(=O)C2(O)CC2N)C(OC2OC(CO)C(O)C(N)C2O)C1O. The molecule has 16 heteroatoms. The maximum absolute atomic E-state index is 12.9. The number of carbonyl (C=O) groups is 1. The number of aliphatic hydroxyl groups excluding tert-OH is 4. The van der Waals surface area contributed by atoms with Gasteiger partial charge in [-0.05, 0) is 19.3 Å². The molecule has 0 aromatic rings. The highest BCUT2D eigenvalue weighted by Crippen LogP contribution is 2.38. The molecule has 39 heavy (non-hydrogen) atoms. The molecule has 0 bridgehead atoms. The van der Waals surface area contributed by atoms with E-state index in [1.807, 2.05) is 0 Å². The Morgan fingerprint density at radius 2 is 1.72 bits per heavy atom. The molecule has 2 saturated carbocycles. The Labute approximate surface area is 226 Å². The molecule has 4 fully saturated rings. The second kappa shape index (κ2) is 12.4. The number of nitrogens with one attached hydrogen (secondary N) is 2. The molecule has 1 amide bonds. The topological polar surface area (TPSA) is 300 Å². The number of hydrogen-bond acceptors (Lipinski definition) is 15. The van der Waals surface area contributed by atoms with Gasteiger partial charge in [0.15, 0.2) is 11.9 Å². The van der Waals surface area contributed by atoms with Crippen LogP contribution in [0.25, 0.3) is 0 Å². The van der Waals surface area contributed by atoms with Gasteiger partial charge in [0.1, 0.15) is 24.4 Å². The first-order valence-electron chi connectivity index (χ1n) is 13.5. The van der Waals surface area contributed by atoms with Crippen molar-refractivity contribution in [2.75, 3.05) is 19.8 Å². The average Bonchev–Trinajstić information content (AvgIpc) is 3.54. The summed E-state index contributed by atoms with van der Waals surface area (Å²) in [5.41, 5.74) is 28.1. The van der Waals surface area contributed by atoms with Crippen LogP contribution in [-0.4, -0.2) is 136 Å². The van der Waals surface area contributed by atoms with E-state index < -0.39 is 91.1 Å². The Hall–Kier alpha value is -1.09. The molecule has 17 N–H and O–H groups in total. The Morgan fingerprint density at radius 3 is 2.31 bits per heavy atom. The molecule has 2 heterocycles. The fraction of sp³-hybridized carbons (Fsp3) is 0.957. The van der Waals surface area contributed by atoms with Crippen LogP contribution in [0.3, 0.4) is 0 Å². The second-order valence-corrected chi connectivity index (χ2v) is 11.2. The van der Waals surface area contributed by atoms with Crippen molar-refractivity contribution in [3.05, 3.63) is 0 Å². The Balaban J connectivity index is 1.61. The van der Waals surface area contributed by atoms with Crippen LogP contribution in [0.4, 0.5) is 0 Å². The molecule has 0 radical (unpaired) electrons. The first-order chi connectivity index (χ1) is 18.5. The Kier molecular flexibility index (Phi) is 9.83. The van der Waals surface area contributed by atoms with Crippen molar-refractivity contribution >= 4 is 5.91 Å². The van der Waals surface area contributed by atoms with Gasteiger partial charge in [-0.15, -0.1) is 0 Å². The summed E-state index contributed by atoms with van der Waals surface area (Å²) in [5, 5.41) is 58.6. The Morgan fingerprint density at radius 1 is 1.03 bits per heavy atom. The monoisotopic (exact) mass is 563 g/mol. The van der Waals surface area contributed by atoms with Gasteiger partial charge < -0.3 is 73.7 Å². The first-order valence-corrected chi connectivity index (χ1v) is 13.5. The lowest BCUT2D eigenvalue weighted by Crippen LogP contribution is -2.70. The van der Waals surface area contributed by atoms with Crippen LogP contribution in [0.15, 0.2) is 0 Å². The van der Waals surface area contributed by atoms with Gasteiger partial charge >= 0.3 is 0 Å². The van der Waals surface area contributed by atoms with E-state index in [0.29, 0.717) is 12.8 Å². The molecule has 15 atom stereocenters. The summed E-state index contributed by atoms with van der Waals surface area (Å²) in [6.07, 6.45) is -7.45. The van der Waals surface area contributed by atoms with Crippen molar-refractivity contribution in [3.63, 3.8) is 0 Å². The summed E-state index contributed by atoms with van der Waals surface area (Å²) in [6.45, 7) is -0.166. The summed E-state index contributed by atoms with van der Waals surface area (Å²) in [7, 11) is 0. The van der Waals surface area contributed by atoms with Crippen LogP contribution >= 0.6 is 0 Å². The molecule has 15 unspecified atom stereocenters. The minimum absolute atomic E-state index is 0.0759. The largest absolute Gasteiger partial charge is 0.394 e. The summed E-state index contributed by atoms with van der Waals surface area (Å²) in [5.74, 6) is -1.46. The molecular formula is C23H45N7O9. The van der Waals surface area contributed by atoms with Gasteiger partial charge in [-0.3, -0.25) is 10.1 Å². The minimum Gasteiger partial charge on any atom is -0.394 e. The summed E-state index contributed by atoms with van der Waals surface area (Å²) >= 11 is 0. The predicted molar refractivity (Wildman–Crippen MR) is 135 cm³/mol. The maximum atomic E-state index is 12.9. The van der Waals surface area contributed by atoms with Gasteiger partial charge in [-0.2, -0.15) is 0 Å². The number of aliphatic hydroxyl groups is 5. The third-order valence-electron chi connectivity index (χ3n) is 8.64. The van der Waals surface area contributed by atoms with Gasteiger partial charge in [0.2, 0.25) is 0 Å². The lowest BCUT2D eigenvalue weighted by molar-refractivity contribution is -0.306. The number of carbonyl (C=O) groups excluding carboxylic acids is 1. The van der Waals surface area contributed by atoms with E-state index in [9.17, 15) is 30.3 Å². The van der Waals surface area contributed by atoms with Crippen molar-refractivity contribution in [1.29, 1.82) is 0 Å². The van der Waals surface area contributed by atoms with Crippen molar-refractivity contribution in [2.24, 2.45) is 34.6 Å². The number of ether oxygens (including phenoxy) is 3. The van der Waals surface area contributed by atoms with Gasteiger partial charge in [-0.1, -0.05) is 0 Å². The zero-order chi connectivity index (χ0) is 28.6. The van der Waals surface area contributed by atoms with Crippen LogP contribution in [-0.2, 0) is 19.0 Å². The zero-order valence-corrected chi connectivity index (χ0v) is 21.8. The van der Waals surface area contributed by atoms with Crippen molar-refractivity contribution in [3.8, 4) is 0 Å². The smallest absolute Gasteiger partial charge is 0.253 e. The van der Waals surface area contributed by atoms with Crippen molar-refractivity contribution < 1.29 is 44.5 Å². The third-order valence-corrected chi connectivity index (χ3v) is 8.64. The molecule has 226 valence electrons. The maximum Gasteiger partial charge on any atom is 0.253 e. The summed E-state index contributed by atoms with van der Waals surface area (Å²) in [6, 6.07) is -3.83. The number of rotatable bonds is 9. The lowest BCUT2D eigenvalue weighted by Gasteiger charge is -2.51. The fourth-order valence-electron chi connectivity index (χ4n) is 6.08. The van der Waals surface area contributed by atoms with Crippen LogP contribution in [0.2, 0.25) is 0 Å². The molecule has 2 aliphatic carbocycles. The van der Waals surface area contributed by atoms with E-state index in [4.69, 9.17) is 42.9 Å². The molecule has 0 spiro atoms. The Bertz CT molecular complexity index is 846. The van der Waals surface area contributed by atoms with Crippen molar-refractivity contribution in [2.45, 2.75) is 111 Å². The number of nitrogens with two attached hydrogens (primary N) is 5. The van der Waals surface area contributed by atoms with E-state index in [1.165, 1.54) is 0 Å². The molecule has 0 aromatic carbocycles. The lowest BCUT2D eigenvalue weighted by atomic mass is 9.72. The fourth-order valence-corrected chi connectivity index (χ4v) is 6.08. The zero-order valence-electron chi connectivity index (χ0n) is 21.8. The van der Waals surface area contributed by atoms with Crippen LogP contribution in [0.5, 0.6) is 0 Å². The molecule has 16 nitrogen and oxygen atoms in total. The molecule has 4 aliphatic rings. The highest BCUT2D eigenvalue weighted by atomic mass is 16.7. The summed E-state index contributed by atoms with van der Waals surface area (Å²) in [4.78, 5) is 12.9. The standard InChI is InChI=1S/C23H45N7O9/c24-5-8-1-2-10(29-7-25)19(37-8)14-9(26)3-11(30-22(35)23(36)4-13(23)27)20(17(14)33)39-21-18(34)15(28)16(32)12(6-31)38-21/h8-21,29,31-34,36H,1-7,24-28H2,(H,30,35). The van der Waals surface area contributed by atoms with Crippen LogP contribution < -0.4 is 39.3 Å². The van der Waals surface area contributed by atoms with Gasteiger partial charge in [0.05, 0.1) is 37.0 Å². The minimum atomic E-state index is -1.75. The van der Waals surface area contributed by atoms with E-state index in [1.54, 1.807) is 0 Å². The molecular weight excluding hydrogens is 518 g/mol. The van der Waals surface area contributed by atoms with E-state index >= 15 is 0 Å². The molecule has 0 aromatic heterocycles. The highest BCUT2D eigenvalue weighted by molar-refractivity contribution is 5.89. The molecule has 4 rings (SSSR count). The van der Waals surface area contributed by atoms with E-state index in [-0.39, 0.29) is 38.2 Å². The number of amides is 1. The molecule has 2 aliphatic heterocycles. The third kappa shape index (κ3) is 6.09. The number of hydrogen-bond donors (Lipinski definition) is 12. The average molecular weight is 564 g/mol. The highest BCUT2D eigenvalue weighted by Gasteiger charge is 2.59. The van der Waals surface area contributed by atoms with Crippen LogP contribution in [0, 0.1) is 5.92 Å². The molecule has 2 saturated heterocycles.